The third-order valence-electron chi connectivity index (χ3n) is 4.79. The number of carbonyl (C=O) groups is 1. The van der Waals surface area contributed by atoms with Crippen molar-refractivity contribution in [3.8, 4) is 11.1 Å². The molecule has 4 rings (SSSR count). The van der Waals surface area contributed by atoms with E-state index in [2.05, 4.69) is 20.3 Å². The SMILES string of the molecule is Cn1cc(-c2ccncc2C=CC(=O)Nc2ccc(N3CCOCC3)cc2)cn1. The number of nitrogens with zero attached hydrogens (tertiary/aromatic N) is 4. The van der Waals surface area contributed by atoms with Crippen LogP contribution in [0.2, 0.25) is 0 Å². The number of nitrogens with one attached hydrogen (secondary N) is 1. The van der Waals surface area contributed by atoms with Crippen molar-refractivity contribution in [2.24, 2.45) is 7.05 Å². The van der Waals surface area contributed by atoms with Gasteiger partial charge in [0.25, 0.3) is 0 Å². The lowest BCUT2D eigenvalue weighted by atomic mass is 10.0. The zero-order valence-electron chi connectivity index (χ0n) is 16.3. The second kappa shape index (κ2) is 8.70. The fourth-order valence-electron chi connectivity index (χ4n) is 3.29. The van der Waals surface area contributed by atoms with Crippen molar-refractivity contribution in [3.63, 3.8) is 0 Å². The van der Waals surface area contributed by atoms with Crippen LogP contribution >= 0.6 is 0 Å². The van der Waals surface area contributed by atoms with Crippen molar-refractivity contribution in [3.05, 3.63) is 66.8 Å². The normalized spacial score (nSPS) is 14.3. The van der Waals surface area contributed by atoms with Crippen LogP contribution in [0.25, 0.3) is 17.2 Å². The van der Waals surface area contributed by atoms with Gasteiger partial charge in [-0.05, 0) is 42.0 Å². The van der Waals surface area contributed by atoms with Crippen LogP contribution in [0.3, 0.4) is 0 Å². The molecular weight excluding hydrogens is 366 g/mol. The number of aryl methyl sites for hydroxylation is 1. The Bertz CT molecular complexity index is 1000. The zero-order valence-corrected chi connectivity index (χ0v) is 16.3. The van der Waals surface area contributed by atoms with E-state index in [4.69, 9.17) is 4.74 Å². The minimum Gasteiger partial charge on any atom is -0.378 e. The molecule has 1 fully saturated rings. The van der Waals surface area contributed by atoms with E-state index < -0.39 is 0 Å². The summed E-state index contributed by atoms with van der Waals surface area (Å²) in [7, 11) is 1.87. The van der Waals surface area contributed by atoms with Gasteiger partial charge >= 0.3 is 0 Å². The third kappa shape index (κ3) is 4.70. The maximum absolute atomic E-state index is 12.4. The van der Waals surface area contributed by atoms with Gasteiger partial charge in [-0.25, -0.2) is 0 Å². The fraction of sp³-hybridized carbons (Fsp3) is 0.227. The summed E-state index contributed by atoms with van der Waals surface area (Å²) in [5, 5.41) is 7.11. The molecule has 1 N–H and O–H groups in total. The van der Waals surface area contributed by atoms with Crippen LogP contribution in [0.4, 0.5) is 11.4 Å². The topological polar surface area (TPSA) is 72.3 Å². The molecule has 1 aromatic carbocycles. The van der Waals surface area contributed by atoms with Crippen molar-refractivity contribution in [2.45, 2.75) is 0 Å². The summed E-state index contributed by atoms with van der Waals surface area (Å²) in [5.41, 5.74) is 4.72. The Morgan fingerprint density at radius 1 is 1.14 bits per heavy atom. The van der Waals surface area contributed by atoms with E-state index in [-0.39, 0.29) is 5.91 Å². The molecule has 1 saturated heterocycles. The van der Waals surface area contributed by atoms with Gasteiger partial charge in [0, 0.05) is 67.3 Å². The third-order valence-corrected chi connectivity index (χ3v) is 4.79. The molecule has 1 aliphatic heterocycles. The molecule has 29 heavy (non-hydrogen) atoms. The number of hydrogen-bond donors (Lipinski definition) is 1. The first-order valence-electron chi connectivity index (χ1n) is 9.54. The average molecular weight is 389 g/mol. The lowest BCUT2D eigenvalue weighted by molar-refractivity contribution is -0.111. The first-order valence-corrected chi connectivity index (χ1v) is 9.54. The van der Waals surface area contributed by atoms with Gasteiger partial charge in [-0.1, -0.05) is 0 Å². The van der Waals surface area contributed by atoms with E-state index in [0.717, 1.165) is 54.4 Å². The van der Waals surface area contributed by atoms with Gasteiger partial charge in [-0.15, -0.1) is 0 Å². The number of morpholine rings is 1. The Morgan fingerprint density at radius 2 is 1.93 bits per heavy atom. The van der Waals surface area contributed by atoms with Crippen molar-refractivity contribution in [2.75, 3.05) is 36.5 Å². The second-order valence-corrected chi connectivity index (χ2v) is 6.83. The van der Waals surface area contributed by atoms with Crippen molar-refractivity contribution >= 4 is 23.4 Å². The molecule has 0 spiro atoms. The van der Waals surface area contributed by atoms with E-state index in [1.165, 1.54) is 6.08 Å². The van der Waals surface area contributed by atoms with Crippen LogP contribution in [0.15, 0.2) is 61.2 Å². The summed E-state index contributed by atoms with van der Waals surface area (Å²) in [4.78, 5) is 18.8. The van der Waals surface area contributed by atoms with Crippen LogP contribution < -0.4 is 10.2 Å². The molecule has 148 valence electrons. The molecule has 1 amide bonds. The standard InChI is InChI=1S/C22H23N5O2/c1-26-16-18(15-24-26)21-8-9-23-14-17(21)2-7-22(28)25-19-3-5-20(6-4-19)27-10-12-29-13-11-27/h2-9,14-16H,10-13H2,1H3,(H,25,28). The Kier molecular flexibility index (Phi) is 5.67. The zero-order chi connectivity index (χ0) is 20.1. The van der Waals surface area contributed by atoms with Gasteiger partial charge in [0.15, 0.2) is 0 Å². The van der Waals surface area contributed by atoms with Gasteiger partial charge in [-0.2, -0.15) is 5.10 Å². The van der Waals surface area contributed by atoms with E-state index >= 15 is 0 Å². The molecule has 2 aromatic heterocycles. The predicted octanol–water partition coefficient (Wildman–Crippen LogP) is 2.97. The number of ether oxygens (including phenoxy) is 1. The largest absolute Gasteiger partial charge is 0.378 e. The average Bonchev–Trinajstić information content (AvgIpc) is 3.20. The molecule has 0 radical (unpaired) electrons. The molecule has 3 aromatic rings. The summed E-state index contributed by atoms with van der Waals surface area (Å²) in [6.45, 7) is 3.27. The highest BCUT2D eigenvalue weighted by molar-refractivity contribution is 6.02. The molecule has 0 unspecified atom stereocenters. The van der Waals surface area contributed by atoms with Crippen molar-refractivity contribution in [1.29, 1.82) is 0 Å². The molecule has 3 heterocycles. The number of anilines is 2. The Morgan fingerprint density at radius 3 is 2.66 bits per heavy atom. The lowest BCUT2D eigenvalue weighted by Crippen LogP contribution is -2.36. The number of pyridine rings is 1. The van der Waals surface area contributed by atoms with Gasteiger partial charge in [0.05, 0.1) is 19.4 Å². The summed E-state index contributed by atoms with van der Waals surface area (Å²) in [6.07, 6.45) is 10.5. The quantitative estimate of drug-likeness (QED) is 0.679. The molecule has 0 aliphatic carbocycles. The number of benzene rings is 1. The highest BCUT2D eigenvalue weighted by Crippen LogP contribution is 2.23. The minimum absolute atomic E-state index is 0.190. The molecule has 7 nitrogen and oxygen atoms in total. The lowest BCUT2D eigenvalue weighted by Gasteiger charge is -2.28. The first-order chi connectivity index (χ1) is 14.2. The molecule has 0 bridgehead atoms. The molecule has 7 heteroatoms. The molecule has 0 saturated carbocycles. The monoisotopic (exact) mass is 389 g/mol. The van der Waals surface area contributed by atoms with Crippen molar-refractivity contribution in [1.82, 2.24) is 14.8 Å². The number of aromatic nitrogens is 3. The fourth-order valence-corrected chi connectivity index (χ4v) is 3.29. The van der Waals surface area contributed by atoms with Gasteiger partial charge in [-0.3, -0.25) is 14.5 Å². The van der Waals surface area contributed by atoms with Gasteiger partial charge < -0.3 is 15.0 Å². The summed E-state index contributed by atoms with van der Waals surface area (Å²) < 4.78 is 7.13. The predicted molar refractivity (Wildman–Crippen MR) is 114 cm³/mol. The van der Waals surface area contributed by atoms with E-state index in [9.17, 15) is 4.79 Å². The van der Waals surface area contributed by atoms with E-state index in [1.54, 1.807) is 29.3 Å². The number of carbonyl (C=O) groups excluding carboxylic acids is 1. The first kappa shape index (κ1) is 18.9. The number of hydrogen-bond acceptors (Lipinski definition) is 5. The van der Waals surface area contributed by atoms with E-state index in [1.807, 2.05) is 43.6 Å². The summed E-state index contributed by atoms with van der Waals surface area (Å²) in [6, 6.07) is 9.79. The molecule has 1 aliphatic rings. The summed E-state index contributed by atoms with van der Waals surface area (Å²) >= 11 is 0. The number of amides is 1. The summed E-state index contributed by atoms with van der Waals surface area (Å²) in [5.74, 6) is -0.190. The van der Waals surface area contributed by atoms with Crippen LogP contribution in [-0.4, -0.2) is 47.0 Å². The Balaban J connectivity index is 1.42. The molecular formula is C22H23N5O2. The van der Waals surface area contributed by atoms with Crippen LogP contribution in [-0.2, 0) is 16.6 Å². The Labute approximate surface area is 169 Å². The second-order valence-electron chi connectivity index (χ2n) is 6.83. The van der Waals surface area contributed by atoms with Crippen molar-refractivity contribution < 1.29 is 9.53 Å². The van der Waals surface area contributed by atoms with Crippen LogP contribution in [0, 0.1) is 0 Å². The smallest absolute Gasteiger partial charge is 0.248 e. The maximum atomic E-state index is 12.4. The van der Waals surface area contributed by atoms with Crippen LogP contribution in [0.1, 0.15) is 5.56 Å². The Hall–Kier alpha value is -3.45. The minimum atomic E-state index is -0.190. The highest BCUT2D eigenvalue weighted by atomic mass is 16.5. The van der Waals surface area contributed by atoms with Gasteiger partial charge in [0.2, 0.25) is 5.91 Å². The van der Waals surface area contributed by atoms with E-state index in [0.29, 0.717) is 0 Å². The number of rotatable bonds is 5. The molecule has 0 atom stereocenters. The maximum Gasteiger partial charge on any atom is 0.248 e. The highest BCUT2D eigenvalue weighted by Gasteiger charge is 2.11. The van der Waals surface area contributed by atoms with Gasteiger partial charge in [0.1, 0.15) is 0 Å². The van der Waals surface area contributed by atoms with Crippen LogP contribution in [0.5, 0.6) is 0 Å².